The van der Waals surface area contributed by atoms with Crippen LogP contribution in [0.3, 0.4) is 0 Å². The summed E-state index contributed by atoms with van der Waals surface area (Å²) in [6.07, 6.45) is 0.434. The molecule has 8 heteroatoms. The zero-order chi connectivity index (χ0) is 16.9. The number of nitrogens with one attached hydrogen (secondary N) is 3. The van der Waals surface area contributed by atoms with Crippen LogP contribution in [-0.2, 0) is 15.1 Å². The van der Waals surface area contributed by atoms with Crippen molar-refractivity contribution < 1.29 is 14.3 Å². The fraction of sp³-hybridized carbons (Fsp3) is 0.400. The van der Waals surface area contributed by atoms with Gasteiger partial charge < -0.3 is 15.4 Å². The molecule has 0 spiro atoms. The van der Waals surface area contributed by atoms with Gasteiger partial charge in [-0.15, -0.1) is 0 Å². The summed E-state index contributed by atoms with van der Waals surface area (Å²) in [4.78, 5) is 25.0. The second kappa shape index (κ2) is 7.38. The highest BCUT2D eigenvalue weighted by molar-refractivity contribution is 7.80. The average molecular weight is 336 g/mol. The van der Waals surface area contributed by atoms with E-state index in [-0.39, 0.29) is 11.0 Å². The molecule has 2 rings (SSSR count). The van der Waals surface area contributed by atoms with Crippen molar-refractivity contribution in [2.24, 2.45) is 0 Å². The number of nitrogens with zero attached hydrogens (tertiary/aromatic N) is 1. The van der Waals surface area contributed by atoms with Gasteiger partial charge >= 0.3 is 6.03 Å². The van der Waals surface area contributed by atoms with Gasteiger partial charge in [-0.25, -0.2) is 4.79 Å². The van der Waals surface area contributed by atoms with Crippen molar-refractivity contribution in [3.05, 3.63) is 35.9 Å². The Morgan fingerprint density at radius 1 is 1.35 bits per heavy atom. The van der Waals surface area contributed by atoms with Crippen LogP contribution in [0.15, 0.2) is 30.3 Å². The second-order valence-corrected chi connectivity index (χ2v) is 5.46. The molecule has 1 atom stereocenters. The number of thiocarbonyl (C=S) groups is 1. The topological polar surface area (TPSA) is 82.7 Å². The minimum Gasteiger partial charge on any atom is -0.383 e. The van der Waals surface area contributed by atoms with Crippen LogP contribution < -0.4 is 16.1 Å². The monoisotopic (exact) mass is 336 g/mol. The molecule has 3 amide bonds. The summed E-state index contributed by atoms with van der Waals surface area (Å²) in [5.74, 6) is -0.382. The molecule has 1 heterocycles. The molecule has 1 fully saturated rings. The van der Waals surface area contributed by atoms with Crippen LogP contribution in [0.1, 0.15) is 18.9 Å². The van der Waals surface area contributed by atoms with Crippen LogP contribution in [0.25, 0.3) is 0 Å². The number of ether oxygens (including phenoxy) is 1. The van der Waals surface area contributed by atoms with E-state index in [2.05, 4.69) is 16.1 Å². The SMILES string of the molecule is CC[C@]1(c2ccccc2)NC(=O)N(NC(=S)NCCOC)C1=O. The normalized spacial score (nSPS) is 20.3. The van der Waals surface area contributed by atoms with E-state index in [9.17, 15) is 9.59 Å². The van der Waals surface area contributed by atoms with Crippen molar-refractivity contribution in [2.45, 2.75) is 18.9 Å². The minimum atomic E-state index is -1.08. The Labute approximate surface area is 140 Å². The number of methoxy groups -OCH3 is 1. The van der Waals surface area contributed by atoms with Gasteiger partial charge in [-0.1, -0.05) is 37.3 Å². The Balaban J connectivity index is 2.14. The maximum atomic E-state index is 12.8. The first-order valence-corrected chi connectivity index (χ1v) is 7.71. The lowest BCUT2D eigenvalue weighted by Crippen LogP contribution is -2.51. The van der Waals surface area contributed by atoms with Crippen molar-refractivity contribution in [1.82, 2.24) is 21.1 Å². The maximum Gasteiger partial charge on any atom is 0.344 e. The Morgan fingerprint density at radius 3 is 2.65 bits per heavy atom. The van der Waals surface area contributed by atoms with Crippen LogP contribution in [0.4, 0.5) is 4.79 Å². The van der Waals surface area contributed by atoms with Gasteiger partial charge in [-0.2, -0.15) is 5.01 Å². The third-order valence-corrected chi connectivity index (χ3v) is 3.93. The molecule has 7 nitrogen and oxygen atoms in total. The van der Waals surface area contributed by atoms with Crippen molar-refractivity contribution >= 4 is 29.3 Å². The number of hydrogen-bond donors (Lipinski definition) is 3. The van der Waals surface area contributed by atoms with Gasteiger partial charge in [-0.3, -0.25) is 10.2 Å². The molecule has 124 valence electrons. The first-order chi connectivity index (χ1) is 11.0. The summed E-state index contributed by atoms with van der Waals surface area (Å²) < 4.78 is 4.90. The molecule has 1 aromatic carbocycles. The smallest absolute Gasteiger partial charge is 0.344 e. The van der Waals surface area contributed by atoms with Gasteiger partial charge in [0.25, 0.3) is 5.91 Å². The molecule has 1 aromatic rings. The standard InChI is InChI=1S/C15H20N4O3S/c1-3-15(11-7-5-4-6-8-11)12(20)19(14(21)17-15)18-13(23)16-9-10-22-2/h4-8H,3,9-10H2,1-2H3,(H,17,21)(H2,16,18,23)/t15-/m1/s1. The number of hydrazine groups is 1. The lowest BCUT2D eigenvalue weighted by atomic mass is 9.87. The highest BCUT2D eigenvalue weighted by atomic mass is 32.1. The van der Waals surface area contributed by atoms with Gasteiger partial charge in [0.1, 0.15) is 5.54 Å². The van der Waals surface area contributed by atoms with E-state index >= 15 is 0 Å². The molecule has 0 unspecified atom stereocenters. The van der Waals surface area contributed by atoms with E-state index in [0.29, 0.717) is 19.6 Å². The molecule has 0 saturated carbocycles. The average Bonchev–Trinajstić information content (AvgIpc) is 2.81. The molecular weight excluding hydrogens is 316 g/mol. The summed E-state index contributed by atoms with van der Waals surface area (Å²) in [7, 11) is 1.57. The first kappa shape index (κ1) is 17.2. The fourth-order valence-electron chi connectivity index (χ4n) is 2.45. The number of imide groups is 1. The number of carbonyl (C=O) groups excluding carboxylic acids is 2. The van der Waals surface area contributed by atoms with E-state index in [1.807, 2.05) is 37.3 Å². The Bertz CT molecular complexity index is 596. The van der Waals surface area contributed by atoms with E-state index in [4.69, 9.17) is 17.0 Å². The summed E-state index contributed by atoms with van der Waals surface area (Å²) in [6.45, 7) is 2.79. The minimum absolute atomic E-state index is 0.186. The van der Waals surface area contributed by atoms with Crippen molar-refractivity contribution in [3.8, 4) is 0 Å². The largest absolute Gasteiger partial charge is 0.383 e. The number of urea groups is 1. The quantitative estimate of drug-likeness (QED) is 0.406. The first-order valence-electron chi connectivity index (χ1n) is 7.31. The van der Waals surface area contributed by atoms with E-state index < -0.39 is 11.6 Å². The lowest BCUT2D eigenvalue weighted by molar-refractivity contribution is -0.133. The van der Waals surface area contributed by atoms with Crippen molar-refractivity contribution in [2.75, 3.05) is 20.3 Å². The van der Waals surface area contributed by atoms with E-state index in [0.717, 1.165) is 10.6 Å². The molecule has 1 aliphatic rings. The predicted octanol–water partition coefficient (Wildman–Crippen LogP) is 0.869. The van der Waals surface area contributed by atoms with Crippen molar-refractivity contribution in [1.29, 1.82) is 0 Å². The summed E-state index contributed by atoms with van der Waals surface area (Å²) in [6, 6.07) is 8.63. The van der Waals surface area contributed by atoms with Crippen LogP contribution >= 0.6 is 12.2 Å². The Kier molecular flexibility index (Phi) is 5.51. The summed E-state index contributed by atoms with van der Waals surface area (Å²) >= 11 is 5.09. The number of hydrogen-bond acceptors (Lipinski definition) is 4. The van der Waals surface area contributed by atoms with Crippen LogP contribution in [0.2, 0.25) is 0 Å². The molecule has 3 N–H and O–H groups in total. The van der Waals surface area contributed by atoms with Gasteiger partial charge in [-0.05, 0) is 24.2 Å². The molecular formula is C15H20N4O3S. The highest BCUT2D eigenvalue weighted by Crippen LogP contribution is 2.31. The number of carbonyl (C=O) groups is 2. The molecule has 0 aliphatic carbocycles. The Morgan fingerprint density at radius 2 is 2.04 bits per heavy atom. The van der Waals surface area contributed by atoms with Gasteiger partial charge in [0.2, 0.25) is 0 Å². The van der Waals surface area contributed by atoms with Gasteiger partial charge in [0.15, 0.2) is 5.11 Å². The van der Waals surface area contributed by atoms with Crippen LogP contribution in [0.5, 0.6) is 0 Å². The molecule has 0 aromatic heterocycles. The lowest BCUT2D eigenvalue weighted by Gasteiger charge is -2.25. The zero-order valence-electron chi connectivity index (χ0n) is 13.1. The van der Waals surface area contributed by atoms with Crippen LogP contribution in [-0.4, -0.2) is 42.3 Å². The number of rotatable bonds is 6. The third kappa shape index (κ3) is 3.43. The highest BCUT2D eigenvalue weighted by Gasteiger charge is 2.51. The Hall–Kier alpha value is -2.19. The predicted molar refractivity (Wildman–Crippen MR) is 89.4 cm³/mol. The summed E-state index contributed by atoms with van der Waals surface area (Å²) in [5.41, 5.74) is 2.30. The zero-order valence-corrected chi connectivity index (χ0v) is 13.9. The molecule has 1 saturated heterocycles. The fourth-order valence-corrected chi connectivity index (χ4v) is 2.64. The van der Waals surface area contributed by atoms with E-state index in [1.54, 1.807) is 7.11 Å². The number of benzene rings is 1. The molecule has 0 bridgehead atoms. The second-order valence-electron chi connectivity index (χ2n) is 5.06. The van der Waals surface area contributed by atoms with Gasteiger partial charge in [0, 0.05) is 13.7 Å². The van der Waals surface area contributed by atoms with Crippen molar-refractivity contribution in [3.63, 3.8) is 0 Å². The maximum absolute atomic E-state index is 12.8. The third-order valence-electron chi connectivity index (χ3n) is 3.69. The van der Waals surface area contributed by atoms with E-state index in [1.165, 1.54) is 0 Å². The van der Waals surface area contributed by atoms with Gasteiger partial charge in [0.05, 0.1) is 6.61 Å². The molecule has 23 heavy (non-hydrogen) atoms. The molecule has 0 radical (unpaired) electrons. The molecule has 1 aliphatic heterocycles. The van der Waals surface area contributed by atoms with Crippen LogP contribution in [0, 0.1) is 0 Å². The summed E-state index contributed by atoms with van der Waals surface area (Å²) in [5, 5.41) is 6.73. The number of amides is 3.